The van der Waals surface area contributed by atoms with Gasteiger partial charge in [-0.15, -0.1) is 0 Å². The maximum Gasteiger partial charge on any atom is 0.275 e. The van der Waals surface area contributed by atoms with E-state index in [0.717, 1.165) is 33.8 Å². The zero-order valence-electron chi connectivity index (χ0n) is 15.3. The van der Waals surface area contributed by atoms with Crippen LogP contribution in [0.15, 0.2) is 28.7 Å². The van der Waals surface area contributed by atoms with Crippen molar-refractivity contribution in [2.75, 3.05) is 26.2 Å². The van der Waals surface area contributed by atoms with Gasteiger partial charge in [0.2, 0.25) is 0 Å². The Labute approximate surface area is 167 Å². The molecule has 5 nitrogen and oxygen atoms in total. The summed E-state index contributed by atoms with van der Waals surface area (Å²) in [4.78, 5) is 17.1. The third-order valence-corrected chi connectivity index (χ3v) is 6.16. The molecule has 1 aliphatic rings. The lowest BCUT2D eigenvalue weighted by molar-refractivity contribution is 0.0576. The fourth-order valence-electron chi connectivity index (χ4n) is 3.34. The molecule has 26 heavy (non-hydrogen) atoms. The van der Waals surface area contributed by atoms with Gasteiger partial charge in [-0.3, -0.25) is 14.8 Å². The van der Waals surface area contributed by atoms with E-state index in [1.807, 2.05) is 23.1 Å². The molecule has 1 fully saturated rings. The molecule has 7 heteroatoms. The number of benzene rings is 1. The Bertz CT molecular complexity index is 784. The van der Waals surface area contributed by atoms with Crippen LogP contribution in [-0.2, 0) is 0 Å². The Hall–Kier alpha value is -1.37. The van der Waals surface area contributed by atoms with Crippen molar-refractivity contribution in [1.29, 1.82) is 0 Å². The molecule has 0 spiro atoms. The van der Waals surface area contributed by atoms with Gasteiger partial charge in [0.1, 0.15) is 0 Å². The van der Waals surface area contributed by atoms with E-state index < -0.39 is 0 Å². The largest absolute Gasteiger partial charge is 0.335 e. The molecule has 2 heterocycles. The number of carbonyl (C=O) groups excluding carboxylic acids is 1. The quantitative estimate of drug-likeness (QED) is 0.765. The number of hydrogen-bond acceptors (Lipinski definition) is 3. The van der Waals surface area contributed by atoms with E-state index >= 15 is 0 Å². The predicted octanol–water partition coefficient (Wildman–Crippen LogP) is 4.47. The van der Waals surface area contributed by atoms with Gasteiger partial charge in [0, 0.05) is 37.2 Å². The molecule has 1 aromatic carbocycles. The average molecular weight is 440 g/mol. The summed E-state index contributed by atoms with van der Waals surface area (Å²) >= 11 is 9.86. The second kappa shape index (κ2) is 8.11. The van der Waals surface area contributed by atoms with E-state index in [9.17, 15) is 4.79 Å². The molecule has 0 radical (unpaired) electrons. The normalized spacial score (nSPS) is 16.9. The Balaban J connectivity index is 1.65. The molecular formula is C19H24BrClN4O. The Morgan fingerprint density at radius 3 is 2.42 bits per heavy atom. The number of aromatic nitrogens is 2. The molecule has 140 valence electrons. The first-order valence-corrected chi connectivity index (χ1v) is 10.1. The number of rotatable bonds is 4. The van der Waals surface area contributed by atoms with E-state index in [-0.39, 0.29) is 17.9 Å². The summed E-state index contributed by atoms with van der Waals surface area (Å²) in [5.41, 5.74) is 2.56. The van der Waals surface area contributed by atoms with Crippen LogP contribution in [0.25, 0.3) is 0 Å². The number of nitrogens with zero attached hydrogens (tertiary/aromatic N) is 3. The van der Waals surface area contributed by atoms with Crippen molar-refractivity contribution in [1.82, 2.24) is 20.0 Å². The Kier molecular flexibility index (Phi) is 6.05. The first-order chi connectivity index (χ1) is 12.4. The second-order valence-corrected chi connectivity index (χ2v) is 8.18. The minimum absolute atomic E-state index is 0.0231. The van der Waals surface area contributed by atoms with Gasteiger partial charge in [0.05, 0.1) is 10.2 Å². The van der Waals surface area contributed by atoms with Gasteiger partial charge in [0.25, 0.3) is 5.91 Å². The molecule has 1 unspecified atom stereocenters. The van der Waals surface area contributed by atoms with Crippen LogP contribution in [0.2, 0.25) is 5.02 Å². The number of piperazine rings is 1. The van der Waals surface area contributed by atoms with E-state index in [1.165, 1.54) is 0 Å². The third-order valence-electron chi connectivity index (χ3n) is 5.02. The summed E-state index contributed by atoms with van der Waals surface area (Å²) in [5.74, 6) is 0.261. The van der Waals surface area contributed by atoms with Crippen LogP contribution in [0.4, 0.5) is 0 Å². The molecule has 0 bridgehead atoms. The van der Waals surface area contributed by atoms with Crippen molar-refractivity contribution in [2.45, 2.75) is 32.7 Å². The van der Waals surface area contributed by atoms with Gasteiger partial charge in [-0.2, -0.15) is 5.10 Å². The minimum atomic E-state index is -0.0231. The topological polar surface area (TPSA) is 52.2 Å². The molecule has 1 atom stereocenters. The summed E-state index contributed by atoms with van der Waals surface area (Å²) in [5, 5.41) is 8.00. The maximum atomic E-state index is 12.8. The van der Waals surface area contributed by atoms with E-state index in [1.54, 1.807) is 0 Å². The number of carbonyl (C=O) groups is 1. The smallest absolute Gasteiger partial charge is 0.275 e. The lowest BCUT2D eigenvalue weighted by atomic mass is 10.1. The lowest BCUT2D eigenvalue weighted by Gasteiger charge is -2.38. The SMILES string of the molecule is CC(C)c1[nH]nc(C(=O)N2CCN(C(C)c3ccccc3Cl)CC2)c1Br. The van der Waals surface area contributed by atoms with Crippen molar-refractivity contribution < 1.29 is 4.79 Å². The number of aromatic amines is 1. The zero-order chi connectivity index (χ0) is 18.8. The minimum Gasteiger partial charge on any atom is -0.335 e. The molecule has 1 N–H and O–H groups in total. The van der Waals surface area contributed by atoms with Crippen LogP contribution >= 0.6 is 27.5 Å². The van der Waals surface area contributed by atoms with Gasteiger partial charge >= 0.3 is 0 Å². The van der Waals surface area contributed by atoms with Crippen molar-refractivity contribution in [2.24, 2.45) is 0 Å². The van der Waals surface area contributed by atoms with Crippen molar-refractivity contribution in [3.8, 4) is 0 Å². The van der Waals surface area contributed by atoms with Gasteiger partial charge in [0.15, 0.2) is 5.69 Å². The zero-order valence-corrected chi connectivity index (χ0v) is 17.6. The highest BCUT2D eigenvalue weighted by molar-refractivity contribution is 9.10. The molecule has 1 amide bonds. The van der Waals surface area contributed by atoms with E-state index in [2.05, 4.69) is 57.9 Å². The predicted molar refractivity (Wildman–Crippen MR) is 108 cm³/mol. The Morgan fingerprint density at radius 2 is 1.85 bits per heavy atom. The molecule has 2 aromatic rings. The third kappa shape index (κ3) is 3.82. The van der Waals surface area contributed by atoms with Crippen LogP contribution < -0.4 is 0 Å². The summed E-state index contributed by atoms with van der Waals surface area (Å²) in [6, 6.07) is 8.18. The number of nitrogens with one attached hydrogen (secondary N) is 1. The maximum absolute atomic E-state index is 12.8. The summed E-state index contributed by atoms with van der Waals surface area (Å²) in [6.07, 6.45) is 0. The monoisotopic (exact) mass is 438 g/mol. The summed E-state index contributed by atoms with van der Waals surface area (Å²) in [6.45, 7) is 9.31. The van der Waals surface area contributed by atoms with Crippen LogP contribution in [0, 0.1) is 0 Å². The number of hydrogen-bond donors (Lipinski definition) is 1. The Morgan fingerprint density at radius 1 is 1.19 bits per heavy atom. The molecule has 0 saturated carbocycles. The first kappa shape index (κ1) is 19.4. The molecule has 1 aliphatic heterocycles. The number of halogens is 2. The van der Waals surface area contributed by atoms with Crippen LogP contribution in [0.1, 0.15) is 54.5 Å². The van der Waals surface area contributed by atoms with Crippen LogP contribution in [0.5, 0.6) is 0 Å². The second-order valence-electron chi connectivity index (χ2n) is 6.98. The standard InChI is InChI=1S/C19H24BrClN4O/c1-12(2)17-16(20)18(23-22-17)19(26)25-10-8-24(9-11-25)13(3)14-6-4-5-7-15(14)21/h4-7,12-13H,8-11H2,1-3H3,(H,22,23). The summed E-state index contributed by atoms with van der Waals surface area (Å²) in [7, 11) is 0. The van der Waals surface area contributed by atoms with Crippen LogP contribution in [0.3, 0.4) is 0 Å². The number of amides is 1. The van der Waals surface area contributed by atoms with Gasteiger partial charge in [-0.25, -0.2) is 0 Å². The van der Waals surface area contributed by atoms with E-state index in [4.69, 9.17) is 11.6 Å². The highest BCUT2D eigenvalue weighted by Gasteiger charge is 2.29. The fraction of sp³-hybridized carbons (Fsp3) is 0.474. The summed E-state index contributed by atoms with van der Waals surface area (Å²) < 4.78 is 0.782. The van der Waals surface area contributed by atoms with Gasteiger partial charge < -0.3 is 4.90 Å². The fourth-order valence-corrected chi connectivity index (χ4v) is 4.44. The lowest BCUT2D eigenvalue weighted by Crippen LogP contribution is -2.49. The van der Waals surface area contributed by atoms with Crippen molar-refractivity contribution in [3.63, 3.8) is 0 Å². The highest BCUT2D eigenvalue weighted by atomic mass is 79.9. The first-order valence-electron chi connectivity index (χ1n) is 8.91. The molecule has 3 rings (SSSR count). The molecule has 1 saturated heterocycles. The van der Waals surface area contributed by atoms with Crippen molar-refractivity contribution in [3.05, 3.63) is 50.7 Å². The van der Waals surface area contributed by atoms with E-state index in [0.29, 0.717) is 18.8 Å². The molecule has 1 aromatic heterocycles. The van der Waals surface area contributed by atoms with Gasteiger partial charge in [-0.05, 0) is 40.4 Å². The average Bonchev–Trinajstić information content (AvgIpc) is 3.03. The van der Waals surface area contributed by atoms with Gasteiger partial charge in [-0.1, -0.05) is 43.6 Å². The molecule has 0 aliphatic carbocycles. The van der Waals surface area contributed by atoms with Crippen LogP contribution in [-0.4, -0.2) is 52.1 Å². The number of H-pyrrole nitrogens is 1. The highest BCUT2D eigenvalue weighted by Crippen LogP contribution is 2.29. The van der Waals surface area contributed by atoms with Crippen molar-refractivity contribution >= 4 is 33.4 Å². The molecular weight excluding hydrogens is 416 g/mol.